The molecule has 1 aromatic carbocycles. The molecule has 92 valence electrons. The second-order valence-electron chi connectivity index (χ2n) is 5.47. The third-order valence-corrected chi connectivity index (χ3v) is 2.87. The number of anilines is 1. The van der Waals surface area contributed by atoms with Crippen molar-refractivity contribution in [2.45, 2.75) is 46.0 Å². The molecule has 0 fully saturated rings. The van der Waals surface area contributed by atoms with Gasteiger partial charge in [0.1, 0.15) is 0 Å². The van der Waals surface area contributed by atoms with Gasteiger partial charge in [-0.05, 0) is 36.0 Å². The normalized spacial score (nSPS) is 11.0. The summed E-state index contributed by atoms with van der Waals surface area (Å²) in [7, 11) is 0. The summed E-state index contributed by atoms with van der Waals surface area (Å²) in [6.45, 7) is 9.66. The van der Waals surface area contributed by atoms with E-state index >= 15 is 0 Å². The van der Waals surface area contributed by atoms with Gasteiger partial charge in [-0.3, -0.25) is 0 Å². The molecule has 17 heavy (non-hydrogen) atoms. The van der Waals surface area contributed by atoms with Crippen LogP contribution in [0.1, 0.15) is 44.7 Å². The smallest absolute Gasteiger partial charge is 0.0622 e. The first-order valence-corrected chi connectivity index (χ1v) is 6.17. The first-order valence-electron chi connectivity index (χ1n) is 6.17. The van der Waals surface area contributed by atoms with Gasteiger partial charge in [-0.25, -0.2) is 0 Å². The summed E-state index contributed by atoms with van der Waals surface area (Å²) in [5.41, 5.74) is 4.01. The Morgan fingerprint density at radius 1 is 1.29 bits per heavy atom. The number of nitrogens with one attached hydrogen (secondary N) is 1. The molecule has 1 N–H and O–H groups in total. The summed E-state index contributed by atoms with van der Waals surface area (Å²) in [6.07, 6.45) is 1.52. The molecule has 2 nitrogen and oxygen atoms in total. The third-order valence-electron chi connectivity index (χ3n) is 2.87. The average Bonchev–Trinajstić information content (AvgIpc) is 2.24. The molecule has 1 aromatic rings. The summed E-state index contributed by atoms with van der Waals surface area (Å²) < 4.78 is 0. The second-order valence-corrected chi connectivity index (χ2v) is 5.47. The van der Waals surface area contributed by atoms with Crippen LogP contribution in [0.5, 0.6) is 0 Å². The number of hydrogen-bond acceptors (Lipinski definition) is 2. The number of benzene rings is 1. The van der Waals surface area contributed by atoms with E-state index in [1.54, 1.807) is 0 Å². The van der Waals surface area contributed by atoms with Gasteiger partial charge in [-0.2, -0.15) is 5.26 Å². The highest BCUT2D eigenvalue weighted by Crippen LogP contribution is 2.26. The summed E-state index contributed by atoms with van der Waals surface area (Å²) in [6, 6.07) is 8.72. The standard InChI is InChI=1S/C15H22N2/c1-12-11-13(15(2,3)4)7-8-14(12)17-10-6-5-9-16/h7-8,11,17H,5-6,10H2,1-4H3. The van der Waals surface area contributed by atoms with Crippen LogP contribution in [0.15, 0.2) is 18.2 Å². The van der Waals surface area contributed by atoms with E-state index in [0.29, 0.717) is 6.42 Å². The fraction of sp³-hybridized carbons (Fsp3) is 0.533. The van der Waals surface area contributed by atoms with E-state index in [0.717, 1.165) is 13.0 Å². The lowest BCUT2D eigenvalue weighted by Gasteiger charge is -2.21. The highest BCUT2D eigenvalue weighted by molar-refractivity contribution is 5.52. The Morgan fingerprint density at radius 3 is 2.53 bits per heavy atom. The first kappa shape index (κ1) is 13.6. The van der Waals surface area contributed by atoms with Crippen molar-refractivity contribution in [1.29, 1.82) is 5.26 Å². The van der Waals surface area contributed by atoms with Crippen LogP contribution in [0.3, 0.4) is 0 Å². The average molecular weight is 230 g/mol. The van der Waals surface area contributed by atoms with Gasteiger partial charge in [-0.1, -0.05) is 32.9 Å². The van der Waals surface area contributed by atoms with Gasteiger partial charge in [0.15, 0.2) is 0 Å². The van der Waals surface area contributed by atoms with E-state index in [1.165, 1.54) is 16.8 Å². The molecule has 0 amide bonds. The van der Waals surface area contributed by atoms with Crippen LogP contribution in [0, 0.1) is 18.3 Å². The fourth-order valence-electron chi connectivity index (χ4n) is 1.72. The van der Waals surface area contributed by atoms with Gasteiger partial charge in [0.05, 0.1) is 6.07 Å². The van der Waals surface area contributed by atoms with E-state index in [1.807, 2.05) is 0 Å². The fourth-order valence-corrected chi connectivity index (χ4v) is 1.72. The van der Waals surface area contributed by atoms with Crippen molar-refractivity contribution < 1.29 is 0 Å². The molecule has 0 aromatic heterocycles. The molecule has 2 heteroatoms. The minimum atomic E-state index is 0.199. The molecule has 0 heterocycles. The molecule has 0 spiro atoms. The largest absolute Gasteiger partial charge is 0.385 e. The maximum atomic E-state index is 8.47. The predicted octanol–water partition coefficient (Wildman–Crippen LogP) is 4.01. The van der Waals surface area contributed by atoms with Crippen LogP contribution in [0.4, 0.5) is 5.69 Å². The van der Waals surface area contributed by atoms with Crippen molar-refractivity contribution in [2.24, 2.45) is 0 Å². The quantitative estimate of drug-likeness (QED) is 0.793. The highest BCUT2D eigenvalue weighted by atomic mass is 14.9. The summed E-state index contributed by atoms with van der Waals surface area (Å²) in [5, 5.41) is 11.8. The first-order chi connectivity index (χ1) is 7.95. The van der Waals surface area contributed by atoms with Gasteiger partial charge < -0.3 is 5.32 Å². The van der Waals surface area contributed by atoms with Crippen LogP contribution in [0.25, 0.3) is 0 Å². The van der Waals surface area contributed by atoms with Crippen LogP contribution in [-0.2, 0) is 5.41 Å². The topological polar surface area (TPSA) is 35.8 Å². The molecule has 0 atom stereocenters. The van der Waals surface area contributed by atoms with Crippen molar-refractivity contribution >= 4 is 5.69 Å². The SMILES string of the molecule is Cc1cc(C(C)(C)C)ccc1NCCCC#N. The van der Waals surface area contributed by atoms with E-state index < -0.39 is 0 Å². The zero-order chi connectivity index (χ0) is 12.9. The zero-order valence-electron chi connectivity index (χ0n) is 11.3. The van der Waals surface area contributed by atoms with E-state index in [-0.39, 0.29) is 5.41 Å². The molecule has 0 saturated heterocycles. The van der Waals surface area contributed by atoms with Gasteiger partial charge >= 0.3 is 0 Å². The summed E-state index contributed by atoms with van der Waals surface area (Å²) in [4.78, 5) is 0. The molecule has 0 bridgehead atoms. The molecular formula is C15H22N2. The monoisotopic (exact) mass is 230 g/mol. The Bertz CT molecular complexity index is 408. The maximum absolute atomic E-state index is 8.47. The lowest BCUT2D eigenvalue weighted by atomic mass is 9.86. The predicted molar refractivity (Wildman–Crippen MR) is 73.2 cm³/mol. The van der Waals surface area contributed by atoms with Crippen molar-refractivity contribution in [3.8, 4) is 6.07 Å². The molecule has 0 aliphatic rings. The number of unbranched alkanes of at least 4 members (excludes halogenated alkanes) is 1. The summed E-state index contributed by atoms with van der Waals surface area (Å²) >= 11 is 0. The Balaban J connectivity index is 2.68. The molecule has 0 aliphatic heterocycles. The number of nitrogens with zero attached hydrogens (tertiary/aromatic N) is 1. The number of hydrogen-bond donors (Lipinski definition) is 1. The van der Waals surface area contributed by atoms with Crippen molar-refractivity contribution in [2.75, 3.05) is 11.9 Å². The van der Waals surface area contributed by atoms with E-state index in [9.17, 15) is 0 Å². The molecule has 0 radical (unpaired) electrons. The van der Waals surface area contributed by atoms with Crippen LogP contribution < -0.4 is 5.32 Å². The maximum Gasteiger partial charge on any atom is 0.0622 e. The second kappa shape index (κ2) is 5.72. The van der Waals surface area contributed by atoms with Crippen LogP contribution >= 0.6 is 0 Å². The minimum Gasteiger partial charge on any atom is -0.385 e. The van der Waals surface area contributed by atoms with Gasteiger partial charge in [0.25, 0.3) is 0 Å². The Kier molecular flexibility index (Phi) is 4.57. The van der Waals surface area contributed by atoms with Crippen LogP contribution in [0.2, 0.25) is 0 Å². The lowest BCUT2D eigenvalue weighted by Crippen LogP contribution is -2.12. The zero-order valence-corrected chi connectivity index (χ0v) is 11.3. The Labute approximate surface area is 105 Å². The number of nitriles is 1. The van der Waals surface area contributed by atoms with Crippen molar-refractivity contribution in [1.82, 2.24) is 0 Å². The molecule has 0 unspecified atom stereocenters. The van der Waals surface area contributed by atoms with Crippen LogP contribution in [-0.4, -0.2) is 6.54 Å². The van der Waals surface area contributed by atoms with Gasteiger partial charge in [-0.15, -0.1) is 0 Å². The Morgan fingerprint density at radius 2 is 2.00 bits per heavy atom. The third kappa shape index (κ3) is 4.11. The van der Waals surface area contributed by atoms with Crippen molar-refractivity contribution in [3.63, 3.8) is 0 Å². The lowest BCUT2D eigenvalue weighted by molar-refractivity contribution is 0.590. The minimum absolute atomic E-state index is 0.199. The molecular weight excluding hydrogens is 208 g/mol. The van der Waals surface area contributed by atoms with Crippen molar-refractivity contribution in [3.05, 3.63) is 29.3 Å². The number of aryl methyl sites for hydroxylation is 1. The number of rotatable bonds is 4. The van der Waals surface area contributed by atoms with Gasteiger partial charge in [0, 0.05) is 18.7 Å². The highest BCUT2D eigenvalue weighted by Gasteiger charge is 2.14. The summed E-state index contributed by atoms with van der Waals surface area (Å²) in [5.74, 6) is 0. The molecule has 0 aliphatic carbocycles. The Hall–Kier alpha value is -1.49. The molecule has 0 saturated carbocycles. The van der Waals surface area contributed by atoms with E-state index in [4.69, 9.17) is 5.26 Å². The van der Waals surface area contributed by atoms with Gasteiger partial charge in [0.2, 0.25) is 0 Å². The molecule has 1 rings (SSSR count). The van der Waals surface area contributed by atoms with E-state index in [2.05, 4.69) is 57.3 Å².